The number of rotatable bonds is 21. The van der Waals surface area contributed by atoms with Crippen LogP contribution in [-0.4, -0.2) is 73.8 Å². The lowest BCUT2D eigenvalue weighted by Gasteiger charge is -2.23. The van der Waals surface area contributed by atoms with Gasteiger partial charge in [0.15, 0.2) is 28.8 Å². The number of fused-ring (bicyclic) bond motifs is 8. The number of Topliss-reactive ketones (excluding diaryl/α,β-unsaturated/α-hetero) is 2. The molecule has 0 unspecified atom stereocenters. The van der Waals surface area contributed by atoms with Crippen LogP contribution in [0.15, 0.2) is 96.0 Å². The number of aryl methyl sites for hydroxylation is 1. The predicted octanol–water partition coefficient (Wildman–Crippen LogP) is 9.88. The van der Waals surface area contributed by atoms with Crippen LogP contribution >= 0.6 is 0 Å². The average molecular weight is 1020 g/mol. The van der Waals surface area contributed by atoms with Gasteiger partial charge in [-0.25, -0.2) is 0 Å². The number of para-hydroxylation sites is 2. The Morgan fingerprint density at radius 3 is 1.99 bits per heavy atom. The summed E-state index contributed by atoms with van der Waals surface area (Å²) in [6, 6.07) is 27.4. The van der Waals surface area contributed by atoms with E-state index in [9.17, 15) is 28.8 Å². The van der Waals surface area contributed by atoms with E-state index in [1.165, 1.54) is 7.11 Å². The summed E-state index contributed by atoms with van der Waals surface area (Å²) in [5.74, 6) is -0.454. The van der Waals surface area contributed by atoms with Gasteiger partial charge in [-0.05, 0) is 114 Å². The summed E-state index contributed by atoms with van der Waals surface area (Å²) < 4.78 is 24.6. The lowest BCUT2D eigenvalue weighted by molar-refractivity contribution is -0.131. The van der Waals surface area contributed by atoms with E-state index in [-0.39, 0.29) is 73.3 Å². The quantitative estimate of drug-likeness (QED) is 0.0672. The maximum absolute atomic E-state index is 14.2. The first-order chi connectivity index (χ1) is 36.2. The molecule has 15 nitrogen and oxygen atoms in total. The first-order valence-electron chi connectivity index (χ1n) is 26.1. The van der Waals surface area contributed by atoms with Crippen molar-refractivity contribution < 1.29 is 47.7 Å². The molecule has 4 aliphatic rings. The molecule has 5 aromatic rings. The van der Waals surface area contributed by atoms with E-state index in [4.69, 9.17) is 23.9 Å². The molecule has 0 saturated carbocycles. The number of anilines is 3. The molecule has 4 atom stereocenters. The van der Waals surface area contributed by atoms with Crippen molar-refractivity contribution in [2.75, 3.05) is 29.3 Å². The Morgan fingerprint density at radius 1 is 0.707 bits per heavy atom. The van der Waals surface area contributed by atoms with Gasteiger partial charge in [-0.2, -0.15) is 0 Å². The molecule has 15 heteroatoms. The first-order valence-corrected chi connectivity index (χ1v) is 26.1. The van der Waals surface area contributed by atoms with Gasteiger partial charge < -0.3 is 34.5 Å². The smallest absolute Gasteiger partial charge is 0.261 e. The van der Waals surface area contributed by atoms with Crippen molar-refractivity contribution >= 4 is 64.2 Å². The fourth-order valence-electron chi connectivity index (χ4n) is 10.6. The van der Waals surface area contributed by atoms with Crippen LogP contribution in [0.25, 0.3) is 0 Å². The number of ether oxygens (including phenoxy) is 4. The van der Waals surface area contributed by atoms with Crippen LogP contribution < -0.4 is 39.4 Å². The number of ketones is 2. The van der Waals surface area contributed by atoms with Gasteiger partial charge in [0.2, 0.25) is 11.8 Å². The minimum absolute atomic E-state index is 0.00936. The van der Waals surface area contributed by atoms with E-state index >= 15 is 0 Å². The summed E-state index contributed by atoms with van der Waals surface area (Å²) in [6.07, 6.45) is 6.83. The standard InChI is InChI=1S/C60H65N5O10/c1-7-45(66)16-10-13-19-56(68)63-57(35(2)3)51(67)22-36(4)58(69)62-42-24-37(33-74-54-28-39-20-21-43-26-40-14-8-11-17-49(40)64(43)59(70)46(39)29-52(54)72-5)23-38(25-42)34-75-55-31-48-47(30-53(55)73-6)60(71)65-44(32-61-48)27-41-15-9-12-18-50(41)65/h8-9,11-12,14-15,17-18,23-25,28-32,35-36,43-44,57H,7,10,13,16,19-22,26-27,33-34H2,1-6H3,(H,62,69)(H,63,68)/t36-,43-,44+,57+/m1/s1. The molecular formula is C60H65N5O10. The Labute approximate surface area is 438 Å². The average Bonchev–Trinajstić information content (AvgIpc) is 3.90. The van der Waals surface area contributed by atoms with Crippen LogP contribution in [0.4, 0.5) is 22.7 Å². The van der Waals surface area contributed by atoms with E-state index in [1.807, 2.05) is 80.3 Å². The van der Waals surface area contributed by atoms with Crippen LogP contribution in [0, 0.1) is 11.8 Å². The Balaban J connectivity index is 0.942. The number of benzene rings is 5. The van der Waals surface area contributed by atoms with E-state index < -0.39 is 17.9 Å². The van der Waals surface area contributed by atoms with Crippen molar-refractivity contribution in [1.82, 2.24) is 5.32 Å². The molecule has 0 bridgehead atoms. The normalized spacial score (nSPS) is 16.8. The molecule has 390 valence electrons. The second kappa shape index (κ2) is 22.8. The van der Waals surface area contributed by atoms with E-state index in [1.54, 1.807) is 55.5 Å². The summed E-state index contributed by atoms with van der Waals surface area (Å²) in [5, 5.41) is 5.89. The maximum atomic E-state index is 14.2. The Kier molecular flexibility index (Phi) is 15.8. The second-order valence-electron chi connectivity index (χ2n) is 20.3. The molecule has 0 radical (unpaired) electrons. The molecule has 0 fully saturated rings. The highest BCUT2D eigenvalue weighted by molar-refractivity contribution is 6.15. The zero-order chi connectivity index (χ0) is 52.9. The zero-order valence-corrected chi connectivity index (χ0v) is 43.5. The van der Waals surface area contributed by atoms with Crippen LogP contribution in [0.2, 0.25) is 0 Å². The third-order valence-electron chi connectivity index (χ3n) is 14.7. The van der Waals surface area contributed by atoms with Crippen molar-refractivity contribution in [3.05, 3.63) is 130 Å². The number of nitrogens with one attached hydrogen (secondary N) is 2. The molecule has 4 heterocycles. The lowest BCUT2D eigenvalue weighted by atomic mass is 9.92. The molecule has 0 saturated heterocycles. The third-order valence-corrected chi connectivity index (χ3v) is 14.7. The number of nitrogens with zero attached hydrogens (tertiary/aromatic N) is 3. The molecule has 9 rings (SSSR count). The van der Waals surface area contributed by atoms with E-state index in [0.29, 0.717) is 95.2 Å². The Morgan fingerprint density at radius 2 is 1.32 bits per heavy atom. The lowest BCUT2D eigenvalue weighted by Crippen LogP contribution is -2.45. The minimum Gasteiger partial charge on any atom is -0.493 e. The van der Waals surface area contributed by atoms with Gasteiger partial charge >= 0.3 is 0 Å². The highest BCUT2D eigenvalue weighted by Crippen LogP contribution is 2.43. The molecule has 4 amide bonds. The summed E-state index contributed by atoms with van der Waals surface area (Å²) in [6.45, 7) is 7.24. The molecule has 0 aliphatic carbocycles. The summed E-state index contributed by atoms with van der Waals surface area (Å²) in [7, 11) is 3.05. The van der Waals surface area contributed by atoms with Crippen LogP contribution in [0.1, 0.15) is 121 Å². The van der Waals surface area contributed by atoms with Gasteiger partial charge in [0.25, 0.3) is 11.8 Å². The van der Waals surface area contributed by atoms with E-state index in [2.05, 4.69) is 16.7 Å². The van der Waals surface area contributed by atoms with E-state index in [0.717, 1.165) is 40.9 Å². The van der Waals surface area contributed by atoms with Gasteiger partial charge in [0, 0.05) is 79.0 Å². The summed E-state index contributed by atoms with van der Waals surface area (Å²) >= 11 is 0. The number of hydrogen-bond donors (Lipinski definition) is 2. The number of carbonyl (C=O) groups excluding carboxylic acids is 6. The number of carbonyl (C=O) groups is 6. The number of methoxy groups -OCH3 is 2. The minimum atomic E-state index is -0.783. The SMILES string of the molecule is CCC(=O)CCCCC(=O)N[C@H](C(=O)C[C@@H](C)C(=O)Nc1cc(COc2cc3c(cc2OC)C(=O)N2c4ccccc4C[C@H]2CC3)cc(COc2cc3c(cc2OC)C(=O)N2c4ccccc4C[C@H]2C=N3)c1)C(C)C. The van der Waals surface area contributed by atoms with Crippen molar-refractivity contribution in [3.8, 4) is 23.0 Å². The maximum Gasteiger partial charge on any atom is 0.261 e. The van der Waals surface area contributed by atoms with Gasteiger partial charge in [-0.15, -0.1) is 0 Å². The molecule has 0 spiro atoms. The highest BCUT2D eigenvalue weighted by Gasteiger charge is 2.39. The fraction of sp³-hybridized carbons (Fsp3) is 0.383. The third kappa shape index (κ3) is 11.3. The highest BCUT2D eigenvalue weighted by atomic mass is 16.5. The fourth-order valence-corrected chi connectivity index (χ4v) is 10.6. The topological polar surface area (TPSA) is 182 Å². The molecule has 75 heavy (non-hydrogen) atoms. The Bertz CT molecular complexity index is 3070. The predicted molar refractivity (Wildman–Crippen MR) is 287 cm³/mol. The molecule has 0 aromatic heterocycles. The second-order valence-corrected chi connectivity index (χ2v) is 20.3. The van der Waals surface area contributed by atoms with Crippen molar-refractivity contribution in [1.29, 1.82) is 0 Å². The summed E-state index contributed by atoms with van der Waals surface area (Å²) in [4.78, 5) is 89.0. The number of aliphatic imine (C=N–C) groups is 1. The molecular weight excluding hydrogens is 951 g/mol. The number of amides is 4. The Hall–Kier alpha value is -7.81. The largest absolute Gasteiger partial charge is 0.493 e. The van der Waals surface area contributed by atoms with Crippen LogP contribution in [0.3, 0.4) is 0 Å². The molecule has 5 aromatic carbocycles. The van der Waals surface area contributed by atoms with Crippen molar-refractivity contribution in [2.24, 2.45) is 16.8 Å². The zero-order valence-electron chi connectivity index (χ0n) is 43.5. The van der Waals surface area contributed by atoms with Crippen molar-refractivity contribution in [3.63, 3.8) is 0 Å². The van der Waals surface area contributed by atoms with Crippen LogP contribution in [0.5, 0.6) is 23.0 Å². The van der Waals surface area contributed by atoms with Gasteiger partial charge in [0.05, 0.1) is 37.6 Å². The van der Waals surface area contributed by atoms with Gasteiger partial charge in [0.1, 0.15) is 19.0 Å². The number of unbranched alkanes of at least 4 members (excludes halogenated alkanes) is 1. The van der Waals surface area contributed by atoms with Crippen molar-refractivity contribution in [2.45, 2.75) is 123 Å². The summed E-state index contributed by atoms with van der Waals surface area (Å²) in [5.41, 5.74) is 8.07. The van der Waals surface area contributed by atoms with Gasteiger partial charge in [-0.1, -0.05) is 64.1 Å². The monoisotopic (exact) mass is 1020 g/mol. The van der Waals surface area contributed by atoms with Gasteiger partial charge in [-0.3, -0.25) is 38.7 Å². The number of hydrogen-bond acceptors (Lipinski definition) is 11. The molecule has 2 N–H and O–H groups in total. The van der Waals surface area contributed by atoms with Crippen LogP contribution in [-0.2, 0) is 51.7 Å². The first kappa shape index (κ1) is 52.1. The molecule has 4 aliphatic heterocycles.